The Hall–Kier alpha value is -5.24. The van der Waals surface area contributed by atoms with Gasteiger partial charge in [-0.15, -0.1) is 0 Å². The van der Waals surface area contributed by atoms with Crippen molar-refractivity contribution in [1.29, 1.82) is 0 Å². The van der Waals surface area contributed by atoms with Crippen LogP contribution in [0.5, 0.6) is 34.5 Å². The summed E-state index contributed by atoms with van der Waals surface area (Å²) in [7, 11) is 0. The number of phenolic OH excluding ortho intramolecular Hbond substituents is 5. The average molecular weight is 510 g/mol. The van der Waals surface area contributed by atoms with Crippen molar-refractivity contribution in [3.63, 3.8) is 0 Å². The Kier molecular flexibility index (Phi) is 6.22. The third-order valence-electron chi connectivity index (χ3n) is 6.39. The van der Waals surface area contributed by atoms with E-state index in [1.807, 2.05) is 0 Å². The molecular formula is C30H22O8. The number of phenols is 5. The van der Waals surface area contributed by atoms with Crippen LogP contribution in [0.15, 0.2) is 84.9 Å². The number of Topliss-reactive ketones (excluding diaryl/α,β-unsaturated/α-hetero) is 1. The molecule has 5 rings (SSSR count). The molecule has 0 saturated heterocycles. The van der Waals surface area contributed by atoms with E-state index in [0.29, 0.717) is 11.1 Å². The highest BCUT2D eigenvalue weighted by atomic mass is 16.5. The van der Waals surface area contributed by atoms with Crippen LogP contribution < -0.4 is 4.74 Å². The molecule has 0 fully saturated rings. The minimum absolute atomic E-state index is 0.0201. The molecule has 1 heterocycles. The minimum atomic E-state index is -1.10. The quantitative estimate of drug-likeness (QED) is 0.135. The van der Waals surface area contributed by atoms with Gasteiger partial charge in [0.2, 0.25) is 0 Å². The second-order valence-corrected chi connectivity index (χ2v) is 8.84. The van der Waals surface area contributed by atoms with Crippen molar-refractivity contribution in [1.82, 2.24) is 0 Å². The molecule has 0 radical (unpaired) electrons. The molecule has 0 aromatic heterocycles. The molecule has 8 nitrogen and oxygen atoms in total. The van der Waals surface area contributed by atoms with Crippen LogP contribution in [0.3, 0.4) is 0 Å². The molecular weight excluding hydrogens is 488 g/mol. The van der Waals surface area contributed by atoms with Crippen LogP contribution in [0.2, 0.25) is 0 Å². The molecule has 0 unspecified atom stereocenters. The van der Waals surface area contributed by atoms with Gasteiger partial charge < -0.3 is 30.3 Å². The van der Waals surface area contributed by atoms with Gasteiger partial charge in [-0.25, -0.2) is 0 Å². The number of hydrogen-bond acceptors (Lipinski definition) is 8. The summed E-state index contributed by atoms with van der Waals surface area (Å²) in [6.07, 6.45) is 1.90. The van der Waals surface area contributed by atoms with Crippen molar-refractivity contribution < 1.29 is 39.9 Å². The number of hydrogen-bond donors (Lipinski definition) is 5. The van der Waals surface area contributed by atoms with Crippen molar-refractivity contribution in [2.75, 3.05) is 0 Å². The van der Waals surface area contributed by atoms with E-state index in [1.54, 1.807) is 24.3 Å². The summed E-state index contributed by atoms with van der Waals surface area (Å²) in [6.45, 7) is 0. The van der Waals surface area contributed by atoms with Gasteiger partial charge in [0.15, 0.2) is 23.1 Å². The summed E-state index contributed by atoms with van der Waals surface area (Å²) in [5.41, 5.74) is 1.34. The number of carbonyl (C=O) groups is 2. The topological polar surface area (TPSA) is 145 Å². The first kappa shape index (κ1) is 24.5. The van der Waals surface area contributed by atoms with Crippen LogP contribution in [0, 0.1) is 0 Å². The third kappa shape index (κ3) is 4.51. The van der Waals surface area contributed by atoms with E-state index in [1.165, 1.54) is 60.7 Å². The number of rotatable bonds is 6. The maximum Gasteiger partial charge on any atom is 0.189 e. The molecule has 0 amide bonds. The zero-order valence-electron chi connectivity index (χ0n) is 19.8. The van der Waals surface area contributed by atoms with E-state index >= 15 is 0 Å². The summed E-state index contributed by atoms with van der Waals surface area (Å²) in [4.78, 5) is 26.8. The van der Waals surface area contributed by atoms with Crippen LogP contribution in [-0.4, -0.2) is 37.1 Å². The highest BCUT2D eigenvalue weighted by Crippen LogP contribution is 2.52. The van der Waals surface area contributed by atoms with Crippen molar-refractivity contribution >= 4 is 17.6 Å². The predicted molar refractivity (Wildman–Crippen MR) is 138 cm³/mol. The standard InChI is InChI=1S/C30H22O8/c31-19-7-1-16(2-8-19)3-12-22(33)21-11-14-25-26(29(21)37)27(28(36)18-6-13-23(34)24(35)15-18)30(38-25)17-4-9-20(32)10-5-17/h1-15,27,30-32,34-35,37H/b12-3+/t27-,30-/m1/s1. The summed E-state index contributed by atoms with van der Waals surface area (Å²) < 4.78 is 6.07. The minimum Gasteiger partial charge on any atom is -0.508 e. The van der Waals surface area contributed by atoms with E-state index < -0.39 is 40.8 Å². The molecule has 190 valence electrons. The zero-order chi connectivity index (χ0) is 27.0. The van der Waals surface area contributed by atoms with Crippen LogP contribution in [-0.2, 0) is 0 Å². The van der Waals surface area contributed by atoms with Gasteiger partial charge in [0.05, 0.1) is 17.0 Å². The van der Waals surface area contributed by atoms with Crippen LogP contribution in [0.4, 0.5) is 0 Å². The van der Waals surface area contributed by atoms with E-state index in [2.05, 4.69) is 0 Å². The number of allylic oxidation sites excluding steroid dienone is 1. The number of aromatic hydroxyl groups is 5. The highest BCUT2D eigenvalue weighted by Gasteiger charge is 2.44. The Morgan fingerprint density at radius 2 is 1.39 bits per heavy atom. The lowest BCUT2D eigenvalue weighted by atomic mass is 9.83. The molecule has 0 aliphatic carbocycles. The Balaban J connectivity index is 1.57. The van der Waals surface area contributed by atoms with Crippen molar-refractivity contribution in [2.45, 2.75) is 12.0 Å². The fourth-order valence-corrected chi connectivity index (χ4v) is 4.44. The lowest BCUT2D eigenvalue weighted by Gasteiger charge is -2.19. The molecule has 38 heavy (non-hydrogen) atoms. The maximum absolute atomic E-state index is 13.7. The van der Waals surface area contributed by atoms with Gasteiger partial charge in [0.25, 0.3) is 0 Å². The molecule has 5 N–H and O–H groups in total. The molecule has 1 aliphatic heterocycles. The largest absolute Gasteiger partial charge is 0.508 e. The Morgan fingerprint density at radius 3 is 2.05 bits per heavy atom. The smallest absolute Gasteiger partial charge is 0.189 e. The lowest BCUT2D eigenvalue weighted by Crippen LogP contribution is -2.19. The molecule has 0 saturated carbocycles. The highest BCUT2D eigenvalue weighted by molar-refractivity contribution is 6.10. The normalized spacial score (nSPS) is 16.2. The van der Waals surface area contributed by atoms with Crippen molar-refractivity contribution in [3.8, 4) is 34.5 Å². The fraction of sp³-hybridized carbons (Fsp3) is 0.0667. The van der Waals surface area contributed by atoms with Gasteiger partial charge in [-0.3, -0.25) is 9.59 Å². The van der Waals surface area contributed by atoms with Crippen molar-refractivity contribution in [3.05, 3.63) is 113 Å². The van der Waals surface area contributed by atoms with Crippen molar-refractivity contribution in [2.24, 2.45) is 0 Å². The third-order valence-corrected chi connectivity index (χ3v) is 6.39. The molecule has 0 spiro atoms. The maximum atomic E-state index is 13.7. The Bertz CT molecular complexity index is 1570. The van der Waals surface area contributed by atoms with Crippen LogP contribution in [0.1, 0.15) is 49.4 Å². The van der Waals surface area contributed by atoms with E-state index in [-0.39, 0.29) is 33.9 Å². The number of benzene rings is 4. The molecule has 4 aromatic rings. The SMILES string of the molecule is O=C(/C=C/c1ccc(O)cc1)c1ccc2c(c1O)[C@H](C(=O)c1ccc(O)c(O)c1)[C@@H](c1ccc(O)cc1)O2. The van der Waals surface area contributed by atoms with Gasteiger partial charge in [-0.1, -0.05) is 30.3 Å². The van der Waals surface area contributed by atoms with Gasteiger partial charge in [0.1, 0.15) is 29.1 Å². The zero-order valence-corrected chi connectivity index (χ0v) is 19.8. The lowest BCUT2D eigenvalue weighted by molar-refractivity contribution is 0.0893. The summed E-state index contributed by atoms with van der Waals surface area (Å²) >= 11 is 0. The van der Waals surface area contributed by atoms with Gasteiger partial charge in [-0.05, 0) is 71.8 Å². The molecule has 1 aliphatic rings. The summed E-state index contributed by atoms with van der Waals surface area (Å²) in [5.74, 6) is -3.10. The number of fused-ring (bicyclic) bond motifs is 1. The molecule has 8 heteroatoms. The first-order chi connectivity index (χ1) is 18.2. The first-order valence-corrected chi connectivity index (χ1v) is 11.6. The second kappa shape index (κ2) is 9.67. The monoisotopic (exact) mass is 510 g/mol. The van der Waals surface area contributed by atoms with Crippen LogP contribution >= 0.6 is 0 Å². The van der Waals surface area contributed by atoms with E-state index in [9.17, 15) is 35.1 Å². The average Bonchev–Trinajstić information content (AvgIpc) is 3.30. The predicted octanol–water partition coefficient (Wildman–Crippen LogP) is 5.21. The second-order valence-electron chi connectivity index (χ2n) is 8.84. The number of ether oxygens (including phenoxy) is 1. The molecule has 0 bridgehead atoms. The summed E-state index contributed by atoms with van der Waals surface area (Å²) in [6, 6.07) is 18.8. The Morgan fingerprint density at radius 1 is 0.737 bits per heavy atom. The summed E-state index contributed by atoms with van der Waals surface area (Å²) in [5, 5.41) is 50.0. The number of carbonyl (C=O) groups excluding carboxylic acids is 2. The number of ketones is 2. The van der Waals surface area contributed by atoms with Gasteiger partial charge in [0, 0.05) is 5.56 Å². The molecule has 4 aromatic carbocycles. The van der Waals surface area contributed by atoms with Gasteiger partial charge >= 0.3 is 0 Å². The van der Waals surface area contributed by atoms with Crippen LogP contribution in [0.25, 0.3) is 6.08 Å². The fourth-order valence-electron chi connectivity index (χ4n) is 4.44. The van der Waals surface area contributed by atoms with Gasteiger partial charge in [-0.2, -0.15) is 0 Å². The molecule has 2 atom stereocenters. The van der Waals surface area contributed by atoms with E-state index in [4.69, 9.17) is 4.74 Å². The van der Waals surface area contributed by atoms with E-state index in [0.717, 1.165) is 6.07 Å². The Labute approximate surface area is 217 Å². The first-order valence-electron chi connectivity index (χ1n) is 11.6.